The smallest absolute Gasteiger partial charge is 0.0579 e. The maximum Gasteiger partial charge on any atom is 0.0579 e. The van der Waals surface area contributed by atoms with E-state index in [0.29, 0.717) is 11.8 Å². The SMILES string of the molecule is CCCC(O)[C@@H]1[C@H](C)CC=C(C)C1(C)C. The molecule has 0 aromatic rings. The van der Waals surface area contributed by atoms with Gasteiger partial charge in [-0.1, -0.05) is 45.8 Å². The Kier molecular flexibility index (Phi) is 3.99. The van der Waals surface area contributed by atoms with Crippen molar-refractivity contribution in [3.05, 3.63) is 11.6 Å². The molecule has 15 heavy (non-hydrogen) atoms. The minimum absolute atomic E-state index is 0.136. The van der Waals surface area contributed by atoms with Gasteiger partial charge in [0, 0.05) is 0 Å². The molecule has 0 aromatic carbocycles. The van der Waals surface area contributed by atoms with Gasteiger partial charge in [-0.15, -0.1) is 0 Å². The Morgan fingerprint density at radius 1 is 1.53 bits per heavy atom. The third kappa shape index (κ3) is 2.44. The van der Waals surface area contributed by atoms with Gasteiger partial charge in [0.05, 0.1) is 6.10 Å². The largest absolute Gasteiger partial charge is 0.393 e. The van der Waals surface area contributed by atoms with Crippen LogP contribution in [0.4, 0.5) is 0 Å². The Labute approximate surface area is 94.6 Å². The third-order valence-corrected chi connectivity index (χ3v) is 4.26. The van der Waals surface area contributed by atoms with Crippen molar-refractivity contribution in [1.82, 2.24) is 0 Å². The first-order chi connectivity index (χ1) is 6.91. The zero-order valence-corrected chi connectivity index (χ0v) is 10.9. The van der Waals surface area contributed by atoms with E-state index >= 15 is 0 Å². The Balaban J connectivity index is 2.89. The second kappa shape index (κ2) is 4.69. The molecule has 0 heterocycles. The van der Waals surface area contributed by atoms with Crippen molar-refractivity contribution in [2.75, 3.05) is 0 Å². The number of allylic oxidation sites excluding steroid dienone is 2. The highest BCUT2D eigenvalue weighted by Gasteiger charge is 2.41. The first-order valence-electron chi connectivity index (χ1n) is 6.26. The molecule has 88 valence electrons. The number of hydrogen-bond donors (Lipinski definition) is 1. The number of rotatable bonds is 3. The highest BCUT2D eigenvalue weighted by atomic mass is 16.3. The zero-order valence-electron chi connectivity index (χ0n) is 10.9. The van der Waals surface area contributed by atoms with Crippen LogP contribution in [0.2, 0.25) is 0 Å². The lowest BCUT2D eigenvalue weighted by atomic mass is 9.61. The van der Waals surface area contributed by atoms with Crippen molar-refractivity contribution in [2.24, 2.45) is 17.3 Å². The van der Waals surface area contributed by atoms with Crippen molar-refractivity contribution in [3.63, 3.8) is 0 Å². The van der Waals surface area contributed by atoms with Crippen molar-refractivity contribution >= 4 is 0 Å². The topological polar surface area (TPSA) is 20.2 Å². The van der Waals surface area contributed by atoms with Crippen molar-refractivity contribution in [3.8, 4) is 0 Å². The highest BCUT2D eigenvalue weighted by molar-refractivity contribution is 5.17. The average Bonchev–Trinajstić information content (AvgIpc) is 2.12. The lowest BCUT2D eigenvalue weighted by Gasteiger charge is -2.45. The summed E-state index contributed by atoms with van der Waals surface area (Å²) in [6.45, 7) is 11.2. The van der Waals surface area contributed by atoms with Crippen LogP contribution in [0.25, 0.3) is 0 Å². The molecule has 0 aromatic heterocycles. The number of aliphatic hydroxyl groups is 1. The number of aliphatic hydroxyl groups excluding tert-OH is 1. The van der Waals surface area contributed by atoms with Gasteiger partial charge in [0.25, 0.3) is 0 Å². The summed E-state index contributed by atoms with van der Waals surface area (Å²) in [7, 11) is 0. The van der Waals surface area contributed by atoms with E-state index in [9.17, 15) is 5.11 Å². The summed E-state index contributed by atoms with van der Waals surface area (Å²) in [5.74, 6) is 1.02. The second-order valence-electron chi connectivity index (χ2n) is 5.70. The molecule has 1 unspecified atom stereocenters. The molecule has 0 spiro atoms. The van der Waals surface area contributed by atoms with Gasteiger partial charge in [0.1, 0.15) is 0 Å². The Bertz CT molecular complexity index is 240. The van der Waals surface area contributed by atoms with Crippen LogP contribution in [-0.2, 0) is 0 Å². The molecule has 0 aliphatic heterocycles. The van der Waals surface area contributed by atoms with E-state index in [1.165, 1.54) is 5.57 Å². The molecule has 1 aliphatic rings. The van der Waals surface area contributed by atoms with Gasteiger partial charge in [0.2, 0.25) is 0 Å². The van der Waals surface area contributed by atoms with E-state index in [4.69, 9.17) is 0 Å². The van der Waals surface area contributed by atoms with Crippen LogP contribution in [0, 0.1) is 17.3 Å². The molecule has 1 rings (SSSR count). The number of hydrogen-bond acceptors (Lipinski definition) is 1. The summed E-state index contributed by atoms with van der Waals surface area (Å²) in [4.78, 5) is 0. The molecular weight excluding hydrogens is 184 g/mol. The Morgan fingerprint density at radius 2 is 2.13 bits per heavy atom. The lowest BCUT2D eigenvalue weighted by Crippen LogP contribution is -2.41. The first kappa shape index (κ1) is 12.8. The van der Waals surface area contributed by atoms with Gasteiger partial charge in [-0.05, 0) is 37.0 Å². The van der Waals surface area contributed by atoms with Crippen LogP contribution in [0.3, 0.4) is 0 Å². The molecule has 0 bridgehead atoms. The molecule has 0 saturated heterocycles. The molecule has 0 saturated carbocycles. The van der Waals surface area contributed by atoms with Crippen LogP contribution in [0.1, 0.15) is 53.9 Å². The molecular formula is C14H26O. The van der Waals surface area contributed by atoms with Crippen LogP contribution in [0.5, 0.6) is 0 Å². The summed E-state index contributed by atoms with van der Waals surface area (Å²) in [6.07, 6.45) is 5.35. The highest BCUT2D eigenvalue weighted by Crippen LogP contribution is 2.46. The molecule has 1 aliphatic carbocycles. The van der Waals surface area contributed by atoms with Crippen molar-refractivity contribution in [1.29, 1.82) is 0 Å². The van der Waals surface area contributed by atoms with E-state index in [-0.39, 0.29) is 11.5 Å². The van der Waals surface area contributed by atoms with Crippen molar-refractivity contribution in [2.45, 2.75) is 60.0 Å². The average molecular weight is 210 g/mol. The van der Waals surface area contributed by atoms with E-state index < -0.39 is 0 Å². The summed E-state index contributed by atoms with van der Waals surface area (Å²) >= 11 is 0. The third-order valence-electron chi connectivity index (χ3n) is 4.26. The van der Waals surface area contributed by atoms with E-state index in [2.05, 4.69) is 40.7 Å². The maximum absolute atomic E-state index is 10.3. The van der Waals surface area contributed by atoms with Gasteiger partial charge in [-0.2, -0.15) is 0 Å². The first-order valence-corrected chi connectivity index (χ1v) is 6.26. The van der Waals surface area contributed by atoms with E-state index in [1.807, 2.05) is 0 Å². The predicted molar refractivity (Wildman–Crippen MR) is 65.7 cm³/mol. The van der Waals surface area contributed by atoms with Gasteiger partial charge < -0.3 is 5.11 Å². The summed E-state index contributed by atoms with van der Waals surface area (Å²) < 4.78 is 0. The van der Waals surface area contributed by atoms with Gasteiger partial charge in [0.15, 0.2) is 0 Å². The molecule has 0 amide bonds. The van der Waals surface area contributed by atoms with Crippen molar-refractivity contribution < 1.29 is 5.11 Å². The fourth-order valence-corrected chi connectivity index (χ4v) is 3.08. The van der Waals surface area contributed by atoms with E-state index in [1.54, 1.807) is 0 Å². The normalized spacial score (nSPS) is 32.3. The molecule has 3 atom stereocenters. The molecule has 1 nitrogen and oxygen atoms in total. The standard InChI is InChI=1S/C14H26O/c1-6-7-12(15)13-10(2)8-9-11(3)14(13,4)5/h9-10,12-13,15H,6-8H2,1-5H3/t10-,12?,13+/m1/s1. The van der Waals surface area contributed by atoms with Crippen LogP contribution in [-0.4, -0.2) is 11.2 Å². The molecule has 0 radical (unpaired) electrons. The summed E-state index contributed by atoms with van der Waals surface area (Å²) in [5, 5.41) is 10.3. The van der Waals surface area contributed by atoms with E-state index in [0.717, 1.165) is 19.3 Å². The molecule has 0 fully saturated rings. The second-order valence-corrected chi connectivity index (χ2v) is 5.70. The predicted octanol–water partition coefficient (Wildman–Crippen LogP) is 3.78. The van der Waals surface area contributed by atoms with Gasteiger partial charge in [-0.25, -0.2) is 0 Å². The van der Waals surface area contributed by atoms with Gasteiger partial charge in [-0.3, -0.25) is 0 Å². The van der Waals surface area contributed by atoms with Crippen LogP contribution in [0.15, 0.2) is 11.6 Å². The molecule has 1 N–H and O–H groups in total. The monoisotopic (exact) mass is 210 g/mol. The van der Waals surface area contributed by atoms with Gasteiger partial charge >= 0.3 is 0 Å². The Morgan fingerprint density at radius 3 is 2.67 bits per heavy atom. The summed E-state index contributed by atoms with van der Waals surface area (Å²) in [5.41, 5.74) is 1.60. The Hall–Kier alpha value is -0.300. The molecule has 1 heteroatoms. The minimum Gasteiger partial charge on any atom is -0.393 e. The lowest BCUT2D eigenvalue weighted by molar-refractivity contribution is 0.00539. The quantitative estimate of drug-likeness (QED) is 0.703. The van der Waals surface area contributed by atoms with Crippen LogP contribution >= 0.6 is 0 Å². The van der Waals surface area contributed by atoms with Crippen LogP contribution < -0.4 is 0 Å². The fraction of sp³-hybridized carbons (Fsp3) is 0.857. The minimum atomic E-state index is -0.136. The maximum atomic E-state index is 10.3. The zero-order chi connectivity index (χ0) is 11.6. The fourth-order valence-electron chi connectivity index (χ4n) is 3.08. The summed E-state index contributed by atoms with van der Waals surface area (Å²) in [6, 6.07) is 0.